The molecule has 2 aliphatic heterocycles. The Bertz CT molecular complexity index is 839. The average Bonchev–Trinajstić information content (AvgIpc) is 3.02. The van der Waals surface area contributed by atoms with E-state index in [1.54, 1.807) is 17.4 Å². The third-order valence-electron chi connectivity index (χ3n) is 5.04. The quantitative estimate of drug-likeness (QED) is 0.697. The number of hydrogen-bond acceptors (Lipinski definition) is 8. The summed E-state index contributed by atoms with van der Waals surface area (Å²) in [5, 5.41) is 14.2. The molecule has 8 nitrogen and oxygen atoms in total. The molecule has 1 amide bonds. The van der Waals surface area contributed by atoms with Gasteiger partial charge in [0.25, 0.3) is 5.91 Å². The van der Waals surface area contributed by atoms with Gasteiger partial charge >= 0.3 is 0 Å². The van der Waals surface area contributed by atoms with Gasteiger partial charge in [0.1, 0.15) is 12.0 Å². The maximum atomic E-state index is 12.4. The van der Waals surface area contributed by atoms with Crippen LogP contribution < -0.4 is 5.32 Å². The van der Waals surface area contributed by atoms with E-state index in [4.69, 9.17) is 4.74 Å². The van der Waals surface area contributed by atoms with E-state index in [2.05, 4.69) is 25.2 Å². The van der Waals surface area contributed by atoms with Gasteiger partial charge in [0.05, 0.1) is 30.0 Å². The van der Waals surface area contributed by atoms with Gasteiger partial charge in [-0.2, -0.15) is 0 Å². The minimum absolute atomic E-state index is 0.189. The zero-order chi connectivity index (χ0) is 19.5. The second kappa shape index (κ2) is 8.60. The molecule has 150 valence electrons. The van der Waals surface area contributed by atoms with Crippen molar-refractivity contribution in [3.05, 3.63) is 39.4 Å². The summed E-state index contributed by atoms with van der Waals surface area (Å²) in [5.41, 5.74) is 2.30. The van der Waals surface area contributed by atoms with Crippen molar-refractivity contribution >= 4 is 17.2 Å². The predicted octanol–water partition coefficient (Wildman–Crippen LogP) is 0.579. The van der Waals surface area contributed by atoms with E-state index in [9.17, 15) is 9.90 Å². The first-order valence-corrected chi connectivity index (χ1v) is 10.4. The molecule has 4 heterocycles. The first kappa shape index (κ1) is 19.4. The number of aliphatic hydroxyl groups is 1. The van der Waals surface area contributed by atoms with Crippen LogP contribution in [-0.4, -0.2) is 69.8 Å². The van der Waals surface area contributed by atoms with Crippen molar-refractivity contribution in [1.29, 1.82) is 0 Å². The summed E-state index contributed by atoms with van der Waals surface area (Å²) in [6, 6.07) is 1.72. The molecule has 2 aliphatic rings. The maximum absolute atomic E-state index is 12.4. The van der Waals surface area contributed by atoms with E-state index in [0.717, 1.165) is 55.5 Å². The molecule has 4 rings (SSSR count). The minimum atomic E-state index is -0.640. The second-order valence-corrected chi connectivity index (χ2v) is 8.74. The number of nitrogens with zero attached hydrogens (tertiary/aromatic N) is 4. The lowest BCUT2D eigenvalue weighted by Gasteiger charge is -2.28. The molecule has 1 saturated heterocycles. The topological polar surface area (TPSA) is 100 Å². The third-order valence-corrected chi connectivity index (χ3v) is 6.11. The normalized spacial score (nSPS) is 18.4. The molecule has 1 atom stereocenters. The number of β-amino-alcohol motifs (C(OH)–C–C–N with tert-alkyl or cyclic N) is 1. The van der Waals surface area contributed by atoms with Crippen LogP contribution in [-0.2, 0) is 24.1 Å². The molecular weight excluding hydrogens is 378 g/mol. The molecule has 28 heavy (non-hydrogen) atoms. The van der Waals surface area contributed by atoms with E-state index in [-0.39, 0.29) is 12.5 Å². The Kier molecular flexibility index (Phi) is 5.96. The lowest BCUT2D eigenvalue weighted by Crippen LogP contribution is -2.42. The number of nitrogens with one attached hydrogen (secondary N) is 1. The van der Waals surface area contributed by atoms with Crippen LogP contribution >= 0.6 is 11.3 Å². The van der Waals surface area contributed by atoms with Crippen LogP contribution in [0.15, 0.2) is 12.4 Å². The molecule has 2 N–H and O–H groups in total. The van der Waals surface area contributed by atoms with Crippen LogP contribution in [0.4, 0.5) is 0 Å². The first-order chi connectivity index (χ1) is 13.6. The molecular formula is C19H25N5O3S. The maximum Gasteiger partial charge on any atom is 0.270 e. The van der Waals surface area contributed by atoms with E-state index in [1.165, 1.54) is 11.2 Å². The summed E-state index contributed by atoms with van der Waals surface area (Å²) >= 11 is 1.76. The molecule has 0 saturated carbocycles. The number of aromatic nitrogens is 3. The number of thiazole rings is 1. The number of amides is 1. The van der Waals surface area contributed by atoms with Crippen LogP contribution in [0.3, 0.4) is 0 Å². The second-order valence-electron chi connectivity index (χ2n) is 7.45. The van der Waals surface area contributed by atoms with Gasteiger partial charge in [-0.05, 0) is 25.8 Å². The predicted molar refractivity (Wildman–Crippen MR) is 104 cm³/mol. The zero-order valence-corrected chi connectivity index (χ0v) is 16.7. The summed E-state index contributed by atoms with van der Waals surface area (Å²) in [6.45, 7) is 5.87. The van der Waals surface area contributed by atoms with Gasteiger partial charge in [-0.1, -0.05) is 0 Å². The number of carbonyl (C=O) groups is 1. The lowest BCUT2D eigenvalue weighted by atomic mass is 10.0. The summed E-state index contributed by atoms with van der Waals surface area (Å²) in [6.07, 6.45) is 2.54. The molecule has 0 aliphatic carbocycles. The Morgan fingerprint density at radius 1 is 1.46 bits per heavy atom. The molecule has 2 aromatic rings. The number of hydrogen-bond donors (Lipinski definition) is 2. The highest BCUT2D eigenvalue weighted by molar-refractivity contribution is 7.11. The third kappa shape index (κ3) is 4.72. The van der Waals surface area contributed by atoms with Crippen molar-refractivity contribution < 1.29 is 14.6 Å². The fourth-order valence-corrected chi connectivity index (χ4v) is 4.47. The van der Waals surface area contributed by atoms with Gasteiger partial charge in [-0.25, -0.2) is 15.0 Å². The molecule has 0 aromatic carbocycles. The fraction of sp³-hybridized carbons (Fsp3) is 0.579. The number of rotatable bonds is 7. The van der Waals surface area contributed by atoms with Crippen LogP contribution in [0.25, 0.3) is 0 Å². The van der Waals surface area contributed by atoms with Gasteiger partial charge < -0.3 is 15.2 Å². The van der Waals surface area contributed by atoms with Gasteiger partial charge in [0, 0.05) is 42.7 Å². The largest absolute Gasteiger partial charge is 0.390 e. The van der Waals surface area contributed by atoms with E-state index in [0.29, 0.717) is 18.2 Å². The van der Waals surface area contributed by atoms with Crippen LogP contribution in [0.1, 0.15) is 31.8 Å². The van der Waals surface area contributed by atoms with Crippen LogP contribution in [0.2, 0.25) is 0 Å². The number of fused-ring (bicyclic) bond motifs is 1. The lowest BCUT2D eigenvalue weighted by molar-refractivity contribution is -0.0316. The van der Waals surface area contributed by atoms with Gasteiger partial charge in [-0.15, -0.1) is 11.3 Å². The molecule has 0 bridgehead atoms. The van der Waals surface area contributed by atoms with E-state index >= 15 is 0 Å². The minimum Gasteiger partial charge on any atom is -0.390 e. The van der Waals surface area contributed by atoms with Crippen LogP contribution in [0.5, 0.6) is 0 Å². The molecule has 0 radical (unpaired) electrons. The summed E-state index contributed by atoms with van der Waals surface area (Å²) in [7, 11) is 0. The Morgan fingerprint density at radius 2 is 2.32 bits per heavy atom. The number of ether oxygens (including phenoxy) is 1. The van der Waals surface area contributed by atoms with Gasteiger partial charge in [0.2, 0.25) is 0 Å². The Hall–Kier alpha value is -1.94. The SMILES string of the molecule is Cc1nc2c(s1)CCN(C[C@@H](O)CNC(=O)c1cc(CC3COC3)ncn1)C2. The van der Waals surface area contributed by atoms with Gasteiger partial charge in [-0.3, -0.25) is 9.69 Å². The fourth-order valence-electron chi connectivity index (χ4n) is 3.53. The molecule has 0 spiro atoms. The van der Waals surface area contributed by atoms with E-state index < -0.39 is 6.10 Å². The molecule has 0 unspecified atom stereocenters. The molecule has 2 aromatic heterocycles. The highest BCUT2D eigenvalue weighted by Crippen LogP contribution is 2.24. The van der Waals surface area contributed by atoms with Crippen LogP contribution in [0, 0.1) is 12.8 Å². The van der Waals surface area contributed by atoms with E-state index in [1.807, 2.05) is 6.92 Å². The Morgan fingerprint density at radius 3 is 3.11 bits per heavy atom. The smallest absolute Gasteiger partial charge is 0.270 e. The van der Waals surface area contributed by atoms with Crippen molar-refractivity contribution in [2.24, 2.45) is 5.92 Å². The first-order valence-electron chi connectivity index (χ1n) is 9.59. The molecule has 1 fully saturated rings. The number of aryl methyl sites for hydroxylation is 1. The molecule has 9 heteroatoms. The summed E-state index contributed by atoms with van der Waals surface area (Å²) in [5.74, 6) is 0.183. The summed E-state index contributed by atoms with van der Waals surface area (Å²) < 4.78 is 5.17. The van der Waals surface area contributed by atoms with Crippen molar-refractivity contribution in [1.82, 2.24) is 25.2 Å². The van der Waals surface area contributed by atoms with Crippen molar-refractivity contribution in [2.75, 3.05) is 32.8 Å². The average molecular weight is 404 g/mol. The Balaban J connectivity index is 1.25. The number of aliphatic hydroxyl groups excluding tert-OH is 1. The van der Waals surface area contributed by atoms with Crippen molar-refractivity contribution in [2.45, 2.75) is 32.4 Å². The summed E-state index contributed by atoms with van der Waals surface area (Å²) in [4.78, 5) is 28.8. The highest BCUT2D eigenvalue weighted by atomic mass is 32.1. The standard InChI is InChI=1S/C19H25N5O3S/c1-12-23-17-8-24(3-2-18(17)28-12)7-15(25)6-20-19(26)16-5-14(21-11-22-16)4-13-9-27-10-13/h5,11,13,15,25H,2-4,6-10H2,1H3,(H,20,26)/t15-/m0/s1. The highest BCUT2D eigenvalue weighted by Gasteiger charge is 2.23. The van der Waals surface area contributed by atoms with Crippen molar-refractivity contribution in [3.63, 3.8) is 0 Å². The van der Waals surface area contributed by atoms with Gasteiger partial charge in [0.15, 0.2) is 0 Å². The monoisotopic (exact) mass is 403 g/mol. The number of carbonyl (C=O) groups excluding carboxylic acids is 1. The van der Waals surface area contributed by atoms with Crippen molar-refractivity contribution in [3.8, 4) is 0 Å². The zero-order valence-electron chi connectivity index (χ0n) is 15.9. The Labute approximate surface area is 168 Å².